The van der Waals surface area contributed by atoms with E-state index in [1.54, 1.807) is 46.2 Å². The van der Waals surface area contributed by atoms with Crippen LogP contribution >= 0.6 is 0 Å². The van der Waals surface area contributed by atoms with Crippen LogP contribution in [0, 0.1) is 5.41 Å². The number of alkyl halides is 1. The maximum absolute atomic E-state index is 14.2. The Morgan fingerprint density at radius 3 is 2.35 bits per heavy atom. The van der Waals surface area contributed by atoms with Crippen LogP contribution in [0.25, 0.3) is 33.3 Å². The summed E-state index contributed by atoms with van der Waals surface area (Å²) in [5.41, 5.74) is 6.11. The maximum atomic E-state index is 14.2. The van der Waals surface area contributed by atoms with E-state index < -0.39 is 35.8 Å². The fraction of sp³-hybridized carbons (Fsp3) is 0.447. The van der Waals surface area contributed by atoms with Crippen LogP contribution < -0.4 is 5.32 Å². The van der Waals surface area contributed by atoms with E-state index in [1.165, 1.54) is 0 Å². The van der Waals surface area contributed by atoms with Crippen molar-refractivity contribution in [3.05, 3.63) is 77.1 Å². The summed E-state index contributed by atoms with van der Waals surface area (Å²) >= 11 is 0. The Kier molecular flexibility index (Phi) is 11.3. The average molecular weight is 662 g/mol. The first-order valence-corrected chi connectivity index (χ1v) is 16.3. The number of hydrogen-bond acceptors (Lipinski definition) is 6. The third kappa shape index (κ3) is 8.41. The number of hydrogen-bond donors (Lipinski definition) is 3. The number of aryl methyl sites for hydroxylation is 1. The fourth-order valence-corrected chi connectivity index (χ4v) is 6.02. The van der Waals surface area contributed by atoms with E-state index >= 15 is 0 Å². The van der Waals surface area contributed by atoms with Crippen molar-refractivity contribution in [2.24, 2.45) is 5.41 Å². The van der Waals surface area contributed by atoms with Crippen LogP contribution in [0.1, 0.15) is 77.0 Å². The number of aromatic nitrogens is 2. The number of ether oxygens (including phenoxy) is 2. The van der Waals surface area contributed by atoms with Gasteiger partial charge in [-0.05, 0) is 105 Å². The third-order valence-electron chi connectivity index (χ3n) is 8.37. The second-order valence-electron chi connectivity index (χ2n) is 14.0. The Labute approximate surface area is 282 Å². The zero-order valence-corrected chi connectivity index (χ0v) is 29.2. The van der Waals surface area contributed by atoms with Gasteiger partial charge < -0.3 is 29.6 Å². The van der Waals surface area contributed by atoms with Gasteiger partial charge in [0.25, 0.3) is 0 Å². The van der Waals surface area contributed by atoms with Crippen LogP contribution in [0.5, 0.6) is 0 Å². The highest BCUT2D eigenvalue weighted by Gasteiger charge is 2.28. The molecule has 0 spiro atoms. The van der Waals surface area contributed by atoms with Crippen molar-refractivity contribution in [1.82, 2.24) is 14.9 Å². The maximum Gasteiger partial charge on any atom is 0.408 e. The molecule has 9 nitrogen and oxygen atoms in total. The molecule has 0 aliphatic heterocycles. The largest absolute Gasteiger partial charge is 0.480 e. The number of carbonyl (C=O) groups excluding carboxylic acids is 1. The molecular formula is C38H48FN3O6. The van der Waals surface area contributed by atoms with Crippen LogP contribution in [0.2, 0.25) is 0 Å². The molecule has 0 saturated heterocycles. The fourth-order valence-electron chi connectivity index (χ4n) is 6.02. The number of nitrogens with zero attached hydrogens (tertiary/aromatic N) is 2. The van der Waals surface area contributed by atoms with E-state index in [4.69, 9.17) is 14.5 Å². The highest BCUT2D eigenvalue weighted by atomic mass is 19.1. The second kappa shape index (κ2) is 14.9. The lowest BCUT2D eigenvalue weighted by Gasteiger charge is -2.23. The number of aliphatic hydroxyl groups is 1. The molecule has 2 aromatic heterocycles. The molecule has 4 aromatic rings. The normalized spacial score (nSPS) is 13.4. The Morgan fingerprint density at radius 1 is 1.04 bits per heavy atom. The smallest absolute Gasteiger partial charge is 0.408 e. The van der Waals surface area contributed by atoms with Crippen molar-refractivity contribution in [2.45, 2.75) is 92.3 Å². The first-order valence-electron chi connectivity index (χ1n) is 16.3. The Hall–Kier alpha value is -4.28. The van der Waals surface area contributed by atoms with Gasteiger partial charge in [0, 0.05) is 49.3 Å². The number of carboxylic acids is 1. The van der Waals surface area contributed by atoms with Gasteiger partial charge in [-0.3, -0.25) is 4.98 Å². The summed E-state index contributed by atoms with van der Waals surface area (Å²) in [6, 6.07) is 14.0. The van der Waals surface area contributed by atoms with Gasteiger partial charge in [0.05, 0.1) is 17.5 Å². The lowest BCUT2D eigenvalue weighted by atomic mass is 9.84. The summed E-state index contributed by atoms with van der Waals surface area (Å²) in [6.07, 6.45) is 1.18. The van der Waals surface area contributed by atoms with Crippen molar-refractivity contribution >= 4 is 23.0 Å². The van der Waals surface area contributed by atoms with Crippen LogP contribution in [0.15, 0.2) is 54.7 Å². The molecule has 0 fully saturated rings. The van der Waals surface area contributed by atoms with E-state index in [0.717, 1.165) is 44.5 Å². The summed E-state index contributed by atoms with van der Waals surface area (Å²) in [4.78, 5) is 29.2. The van der Waals surface area contributed by atoms with Crippen LogP contribution in [-0.2, 0) is 40.3 Å². The first kappa shape index (κ1) is 36.6. The number of carbonyl (C=O) groups is 2. The lowest BCUT2D eigenvalue weighted by molar-refractivity contribution is -0.139. The molecular weight excluding hydrogens is 613 g/mol. The molecule has 1 unspecified atom stereocenters. The Balaban J connectivity index is 1.88. The number of nitrogens with one attached hydrogen (secondary N) is 1. The van der Waals surface area contributed by atoms with Crippen molar-refractivity contribution < 1.29 is 33.7 Å². The number of aliphatic hydroxyl groups excluding tert-OH is 1. The molecule has 2 heterocycles. The molecule has 0 aliphatic carbocycles. The molecule has 4 rings (SSSR count). The van der Waals surface area contributed by atoms with E-state index in [9.17, 15) is 24.2 Å². The number of amides is 1. The number of halogens is 1. The number of alkyl carbamates (subject to hydrolysis) is 1. The number of pyridine rings is 1. The molecule has 0 radical (unpaired) electrons. The molecule has 0 aliphatic rings. The predicted octanol–water partition coefficient (Wildman–Crippen LogP) is 7.65. The number of fused-ring (bicyclic) bond motifs is 1. The highest BCUT2D eigenvalue weighted by Crippen LogP contribution is 2.41. The minimum absolute atomic E-state index is 0.0106. The second-order valence-corrected chi connectivity index (χ2v) is 14.0. The SMILES string of the molecule is CCn1c(-c2cccnc2[C@H](C)OC)c(CC(C)(C)CO)c2cc(-c3cc(CF)cc(CC(NC(=O)OC(C)(C)C)C(=O)O)c3)ccc21. The van der Waals surface area contributed by atoms with Crippen molar-refractivity contribution in [1.29, 1.82) is 0 Å². The zero-order chi connectivity index (χ0) is 35.4. The van der Waals surface area contributed by atoms with Gasteiger partial charge in [0.2, 0.25) is 0 Å². The first-order chi connectivity index (χ1) is 22.6. The van der Waals surface area contributed by atoms with E-state index in [0.29, 0.717) is 24.1 Å². The number of carboxylic acid groups (broad SMARTS) is 1. The van der Waals surface area contributed by atoms with Crippen LogP contribution in [-0.4, -0.2) is 57.2 Å². The Bertz CT molecular complexity index is 1770. The molecule has 3 N–H and O–H groups in total. The molecule has 2 aromatic carbocycles. The quantitative estimate of drug-likeness (QED) is 0.135. The van der Waals surface area contributed by atoms with E-state index in [-0.39, 0.29) is 19.1 Å². The molecule has 48 heavy (non-hydrogen) atoms. The van der Waals surface area contributed by atoms with Gasteiger partial charge in [0.1, 0.15) is 18.3 Å². The summed E-state index contributed by atoms with van der Waals surface area (Å²) in [7, 11) is 1.66. The monoisotopic (exact) mass is 661 g/mol. The summed E-state index contributed by atoms with van der Waals surface area (Å²) in [5, 5.41) is 23.6. The minimum atomic E-state index is -1.28. The molecule has 10 heteroatoms. The van der Waals surface area contributed by atoms with Gasteiger partial charge in [-0.25, -0.2) is 14.0 Å². The van der Waals surface area contributed by atoms with Crippen LogP contribution in [0.3, 0.4) is 0 Å². The van der Waals surface area contributed by atoms with E-state index in [2.05, 4.69) is 35.0 Å². The highest BCUT2D eigenvalue weighted by molar-refractivity contribution is 5.95. The van der Waals surface area contributed by atoms with Gasteiger partial charge in [-0.15, -0.1) is 0 Å². The zero-order valence-electron chi connectivity index (χ0n) is 29.2. The minimum Gasteiger partial charge on any atom is -0.480 e. The third-order valence-corrected chi connectivity index (χ3v) is 8.37. The number of aliphatic carboxylic acids is 1. The lowest BCUT2D eigenvalue weighted by Crippen LogP contribution is -2.44. The van der Waals surface area contributed by atoms with Crippen LogP contribution in [0.4, 0.5) is 9.18 Å². The van der Waals surface area contributed by atoms with Gasteiger partial charge in [0.15, 0.2) is 0 Å². The van der Waals surface area contributed by atoms with Gasteiger partial charge in [-0.1, -0.05) is 32.0 Å². The van der Waals surface area contributed by atoms with Crippen molar-refractivity contribution in [3.8, 4) is 22.4 Å². The molecule has 0 saturated carbocycles. The molecule has 0 bridgehead atoms. The number of benzene rings is 2. The summed E-state index contributed by atoms with van der Waals surface area (Å²) in [6.45, 7) is 13.1. The average Bonchev–Trinajstić information content (AvgIpc) is 3.34. The van der Waals surface area contributed by atoms with Crippen molar-refractivity contribution in [3.63, 3.8) is 0 Å². The molecule has 258 valence electrons. The Morgan fingerprint density at radius 2 is 1.75 bits per heavy atom. The van der Waals surface area contributed by atoms with Crippen molar-refractivity contribution in [2.75, 3.05) is 13.7 Å². The van der Waals surface area contributed by atoms with Gasteiger partial charge in [-0.2, -0.15) is 0 Å². The van der Waals surface area contributed by atoms with Gasteiger partial charge >= 0.3 is 12.1 Å². The number of methoxy groups -OCH3 is 1. The summed E-state index contributed by atoms with van der Waals surface area (Å²) in [5.74, 6) is -1.23. The number of rotatable bonds is 13. The topological polar surface area (TPSA) is 123 Å². The molecule has 1 amide bonds. The standard InChI is InChI=1S/C38H48FN3O6/c1-9-42-32-13-12-26(27-16-24(15-25(17-27)21-39)18-31(35(44)45)41-36(46)48-37(3,4)5)19-29(32)30(20-38(6,7)22-43)34(42)28-11-10-14-40-33(28)23(2)47-8/h10-17,19,23,31,43H,9,18,20-22H2,1-8H3,(H,41,46)(H,44,45)/t23-,31?/m0/s1. The summed E-state index contributed by atoms with van der Waals surface area (Å²) < 4.78 is 27.4. The van der Waals surface area contributed by atoms with E-state index in [1.807, 2.05) is 39.0 Å². The molecule has 2 atom stereocenters. The predicted molar refractivity (Wildman–Crippen MR) is 186 cm³/mol.